The van der Waals surface area contributed by atoms with E-state index in [9.17, 15) is 18.4 Å². The van der Waals surface area contributed by atoms with Gasteiger partial charge in [-0.3, -0.25) is 18.5 Å². The Kier molecular flexibility index (Phi) is 5.87. The summed E-state index contributed by atoms with van der Waals surface area (Å²) in [4.78, 5) is 30.2. The molecule has 8 nitrogen and oxygen atoms in total. The maximum absolute atomic E-state index is 13.7. The predicted octanol–water partition coefficient (Wildman–Crippen LogP) is 2.40. The number of fused-ring (bicyclic) bond motifs is 1. The van der Waals surface area contributed by atoms with Crippen molar-refractivity contribution in [3.63, 3.8) is 0 Å². The molecule has 0 saturated heterocycles. The standard InChI is InChI=1S/C22H20F2N4O4/c1-26-19-18(20(30)27(22(26)31)10-5-11-29)28(13-14-6-3-2-4-7-14)21(25-19)32-15-8-9-16(23)17(24)12-15/h2-4,6-9,12,29H,5,10-11,13H2,1H3. The normalized spacial score (nSPS) is 11.2. The smallest absolute Gasteiger partial charge is 0.332 e. The van der Waals surface area contributed by atoms with E-state index in [2.05, 4.69) is 4.98 Å². The van der Waals surface area contributed by atoms with Gasteiger partial charge < -0.3 is 9.84 Å². The van der Waals surface area contributed by atoms with E-state index >= 15 is 0 Å². The molecule has 0 spiro atoms. The fourth-order valence-electron chi connectivity index (χ4n) is 3.41. The van der Waals surface area contributed by atoms with Gasteiger partial charge in [-0.1, -0.05) is 30.3 Å². The Morgan fingerprint density at radius 2 is 1.78 bits per heavy atom. The van der Waals surface area contributed by atoms with E-state index < -0.39 is 22.9 Å². The number of imidazole rings is 1. The zero-order valence-corrected chi connectivity index (χ0v) is 17.2. The number of benzene rings is 2. The number of nitrogens with zero attached hydrogens (tertiary/aromatic N) is 4. The van der Waals surface area contributed by atoms with Gasteiger partial charge in [-0.2, -0.15) is 4.98 Å². The van der Waals surface area contributed by atoms with Crippen LogP contribution in [-0.4, -0.2) is 30.4 Å². The zero-order chi connectivity index (χ0) is 22.8. The summed E-state index contributed by atoms with van der Waals surface area (Å²) in [5.74, 6) is -2.13. The van der Waals surface area contributed by atoms with Gasteiger partial charge in [0.15, 0.2) is 22.8 Å². The lowest BCUT2D eigenvalue weighted by Gasteiger charge is -2.11. The van der Waals surface area contributed by atoms with Crippen LogP contribution < -0.4 is 16.0 Å². The highest BCUT2D eigenvalue weighted by atomic mass is 19.2. The first-order valence-corrected chi connectivity index (χ1v) is 9.88. The average molecular weight is 442 g/mol. The first-order valence-electron chi connectivity index (χ1n) is 9.88. The molecule has 4 aromatic rings. The summed E-state index contributed by atoms with van der Waals surface area (Å²) in [5, 5.41) is 9.13. The first kappa shape index (κ1) is 21.4. The predicted molar refractivity (Wildman–Crippen MR) is 113 cm³/mol. The van der Waals surface area contributed by atoms with Gasteiger partial charge in [-0.05, 0) is 24.1 Å². The molecule has 0 aliphatic carbocycles. The van der Waals surface area contributed by atoms with E-state index in [1.165, 1.54) is 22.2 Å². The topological polar surface area (TPSA) is 91.3 Å². The van der Waals surface area contributed by atoms with Crippen LogP contribution in [0.2, 0.25) is 0 Å². The molecule has 2 heterocycles. The molecule has 1 N–H and O–H groups in total. The maximum Gasteiger partial charge on any atom is 0.332 e. The number of ether oxygens (including phenoxy) is 1. The quantitative estimate of drug-likeness (QED) is 0.475. The van der Waals surface area contributed by atoms with E-state index in [-0.39, 0.29) is 49.0 Å². The van der Waals surface area contributed by atoms with Crippen molar-refractivity contribution in [2.45, 2.75) is 19.5 Å². The molecule has 0 aliphatic heterocycles. The minimum atomic E-state index is -1.09. The molecule has 32 heavy (non-hydrogen) atoms. The highest BCUT2D eigenvalue weighted by Gasteiger charge is 2.22. The molecule has 2 aromatic carbocycles. The second-order valence-electron chi connectivity index (χ2n) is 7.19. The summed E-state index contributed by atoms with van der Waals surface area (Å²) < 4.78 is 36.5. The zero-order valence-electron chi connectivity index (χ0n) is 17.2. The fourth-order valence-corrected chi connectivity index (χ4v) is 3.41. The monoisotopic (exact) mass is 442 g/mol. The molecule has 0 bridgehead atoms. The second kappa shape index (κ2) is 8.75. The number of aliphatic hydroxyl groups is 1. The van der Waals surface area contributed by atoms with Crippen LogP contribution >= 0.6 is 0 Å². The molecule has 0 unspecified atom stereocenters. The van der Waals surface area contributed by atoms with Crippen molar-refractivity contribution in [3.8, 4) is 11.8 Å². The molecule has 0 saturated carbocycles. The van der Waals surface area contributed by atoms with Crippen molar-refractivity contribution in [1.29, 1.82) is 0 Å². The van der Waals surface area contributed by atoms with Crippen LogP contribution in [0.3, 0.4) is 0 Å². The van der Waals surface area contributed by atoms with E-state index in [0.717, 1.165) is 22.3 Å². The fraction of sp³-hybridized carbons (Fsp3) is 0.227. The van der Waals surface area contributed by atoms with E-state index in [4.69, 9.17) is 9.84 Å². The lowest BCUT2D eigenvalue weighted by molar-refractivity contribution is 0.277. The van der Waals surface area contributed by atoms with Crippen molar-refractivity contribution >= 4 is 11.2 Å². The summed E-state index contributed by atoms with van der Waals surface area (Å²) >= 11 is 0. The Morgan fingerprint density at radius 3 is 2.47 bits per heavy atom. The molecule has 0 fully saturated rings. The lowest BCUT2D eigenvalue weighted by Crippen LogP contribution is -2.39. The van der Waals surface area contributed by atoms with Gasteiger partial charge in [0, 0.05) is 26.3 Å². The van der Waals surface area contributed by atoms with Gasteiger partial charge in [0.1, 0.15) is 5.75 Å². The molecule has 4 rings (SSSR count). The Bertz CT molecular complexity index is 1390. The lowest BCUT2D eigenvalue weighted by atomic mass is 10.2. The van der Waals surface area contributed by atoms with E-state index in [1.807, 2.05) is 30.3 Å². The highest BCUT2D eigenvalue weighted by molar-refractivity contribution is 5.72. The van der Waals surface area contributed by atoms with Crippen LogP contribution in [0.15, 0.2) is 58.1 Å². The number of rotatable bonds is 7. The van der Waals surface area contributed by atoms with Crippen LogP contribution in [0.4, 0.5) is 8.78 Å². The molecule has 0 amide bonds. The SMILES string of the molecule is Cn1c(=O)n(CCCO)c(=O)c2c1nc(Oc1ccc(F)c(F)c1)n2Cc1ccccc1. The number of hydrogen-bond donors (Lipinski definition) is 1. The number of aromatic nitrogens is 4. The number of aryl methyl sites for hydroxylation is 1. The highest BCUT2D eigenvalue weighted by Crippen LogP contribution is 2.26. The van der Waals surface area contributed by atoms with E-state index in [1.54, 1.807) is 0 Å². The number of halogens is 2. The van der Waals surface area contributed by atoms with E-state index in [0.29, 0.717) is 0 Å². The Labute approximate surface area is 180 Å². The summed E-state index contributed by atoms with van der Waals surface area (Å²) in [6, 6.07) is 12.2. The van der Waals surface area contributed by atoms with Crippen molar-refractivity contribution in [2.75, 3.05) is 6.61 Å². The third-order valence-electron chi connectivity index (χ3n) is 5.02. The van der Waals surface area contributed by atoms with Crippen LogP contribution in [0.25, 0.3) is 11.2 Å². The van der Waals surface area contributed by atoms with Crippen LogP contribution in [-0.2, 0) is 20.1 Å². The van der Waals surface area contributed by atoms with Gasteiger partial charge in [0.05, 0.1) is 6.54 Å². The maximum atomic E-state index is 13.7. The molecule has 0 radical (unpaired) electrons. The second-order valence-corrected chi connectivity index (χ2v) is 7.19. The minimum Gasteiger partial charge on any atom is -0.425 e. The van der Waals surface area contributed by atoms with Gasteiger partial charge in [-0.15, -0.1) is 0 Å². The summed E-state index contributed by atoms with van der Waals surface area (Å²) in [5.41, 5.74) is -0.128. The Hall–Kier alpha value is -3.79. The summed E-state index contributed by atoms with van der Waals surface area (Å²) in [6.07, 6.45) is 0.228. The molecular formula is C22H20F2N4O4. The van der Waals surface area contributed by atoms with Gasteiger partial charge in [0.2, 0.25) is 0 Å². The molecule has 166 valence electrons. The van der Waals surface area contributed by atoms with Crippen molar-refractivity contribution in [2.24, 2.45) is 7.05 Å². The van der Waals surface area contributed by atoms with Gasteiger partial charge in [0.25, 0.3) is 5.56 Å². The third-order valence-corrected chi connectivity index (χ3v) is 5.02. The van der Waals surface area contributed by atoms with Crippen LogP contribution in [0.5, 0.6) is 11.8 Å². The summed E-state index contributed by atoms with van der Waals surface area (Å²) in [6.45, 7) is 0.0407. The average Bonchev–Trinajstić information content (AvgIpc) is 3.13. The molecule has 2 aromatic heterocycles. The largest absolute Gasteiger partial charge is 0.425 e. The van der Waals surface area contributed by atoms with Crippen molar-refractivity contribution < 1.29 is 18.6 Å². The van der Waals surface area contributed by atoms with Crippen molar-refractivity contribution in [3.05, 3.63) is 86.6 Å². The first-order chi connectivity index (χ1) is 15.4. The third kappa shape index (κ3) is 3.92. The number of aliphatic hydroxyl groups excluding tert-OH is 1. The van der Waals surface area contributed by atoms with Gasteiger partial charge in [-0.25, -0.2) is 13.6 Å². The molecule has 0 aliphatic rings. The number of hydrogen-bond acceptors (Lipinski definition) is 5. The molecular weight excluding hydrogens is 422 g/mol. The van der Waals surface area contributed by atoms with Gasteiger partial charge >= 0.3 is 11.7 Å². The van der Waals surface area contributed by atoms with Crippen LogP contribution in [0, 0.1) is 11.6 Å². The molecule has 10 heteroatoms. The summed E-state index contributed by atoms with van der Waals surface area (Å²) in [7, 11) is 1.47. The minimum absolute atomic E-state index is 0.0147. The van der Waals surface area contributed by atoms with Crippen LogP contribution in [0.1, 0.15) is 12.0 Å². The molecule has 0 atom stereocenters. The van der Waals surface area contributed by atoms with Crippen molar-refractivity contribution in [1.82, 2.24) is 18.7 Å². The Balaban J connectivity index is 1.93. The Morgan fingerprint density at radius 1 is 1.03 bits per heavy atom.